The van der Waals surface area contributed by atoms with Gasteiger partial charge in [0.05, 0.1) is 0 Å². The molecule has 1 aromatic heterocycles. The van der Waals surface area contributed by atoms with Gasteiger partial charge in [-0.05, 0) is 41.9 Å². The Morgan fingerprint density at radius 3 is 2.53 bits per heavy atom. The summed E-state index contributed by atoms with van der Waals surface area (Å²) in [5, 5.41) is 3.21. The third-order valence-corrected chi connectivity index (χ3v) is 3.58. The first-order chi connectivity index (χ1) is 9.13. The van der Waals surface area contributed by atoms with E-state index in [0.29, 0.717) is 0 Å². The number of benzene rings is 1. The molecular formula is C14H17BrN4. The molecule has 2 aromatic rings. The van der Waals surface area contributed by atoms with Crippen LogP contribution in [0.3, 0.4) is 0 Å². The van der Waals surface area contributed by atoms with Gasteiger partial charge in [-0.15, -0.1) is 0 Å². The fourth-order valence-electron chi connectivity index (χ4n) is 1.78. The normalized spacial score (nSPS) is 10.3. The van der Waals surface area contributed by atoms with E-state index in [4.69, 9.17) is 0 Å². The number of hydrogen-bond donors (Lipinski definition) is 1. The molecule has 0 unspecified atom stereocenters. The van der Waals surface area contributed by atoms with E-state index in [1.807, 2.05) is 18.9 Å². The third-order valence-electron chi connectivity index (χ3n) is 2.85. The zero-order valence-corrected chi connectivity index (χ0v) is 12.9. The van der Waals surface area contributed by atoms with Crippen LogP contribution in [-0.4, -0.2) is 23.6 Å². The molecular weight excluding hydrogens is 304 g/mol. The smallest absolute Gasteiger partial charge is 0.152 e. The van der Waals surface area contributed by atoms with Gasteiger partial charge < -0.3 is 10.2 Å². The number of anilines is 3. The largest absolute Gasteiger partial charge is 0.369 e. The predicted octanol–water partition coefficient (Wildman–Crippen LogP) is 3.75. The second-order valence-corrected chi connectivity index (χ2v) is 5.08. The van der Waals surface area contributed by atoms with Crippen LogP contribution in [0.5, 0.6) is 0 Å². The van der Waals surface area contributed by atoms with E-state index in [9.17, 15) is 0 Å². The van der Waals surface area contributed by atoms with Gasteiger partial charge in [0.15, 0.2) is 5.82 Å². The molecule has 4 nitrogen and oxygen atoms in total. The zero-order chi connectivity index (χ0) is 13.8. The minimum Gasteiger partial charge on any atom is -0.369 e. The SMILES string of the molecule is CCNc1ncnc(N(C)c2ccc(C)cc2)c1Br. The van der Waals surface area contributed by atoms with Gasteiger partial charge in [-0.25, -0.2) is 9.97 Å². The Balaban J connectivity index is 2.35. The standard InChI is InChI=1S/C14H17BrN4/c1-4-16-13-12(15)14(18-9-17-13)19(3)11-7-5-10(2)6-8-11/h5-9H,4H2,1-3H3,(H,16,17,18). The van der Waals surface area contributed by atoms with Crippen molar-refractivity contribution in [1.82, 2.24) is 9.97 Å². The highest BCUT2D eigenvalue weighted by molar-refractivity contribution is 9.10. The van der Waals surface area contributed by atoms with Gasteiger partial charge in [0.1, 0.15) is 16.6 Å². The van der Waals surface area contributed by atoms with Gasteiger partial charge in [0.2, 0.25) is 0 Å². The van der Waals surface area contributed by atoms with Crippen LogP contribution in [0.25, 0.3) is 0 Å². The molecule has 0 aliphatic heterocycles. The van der Waals surface area contributed by atoms with E-state index in [1.165, 1.54) is 5.56 Å². The minimum atomic E-state index is 0.812. The number of nitrogens with one attached hydrogen (secondary N) is 1. The molecule has 1 N–H and O–H groups in total. The minimum absolute atomic E-state index is 0.812. The van der Waals surface area contributed by atoms with Crippen LogP contribution in [0.4, 0.5) is 17.3 Å². The summed E-state index contributed by atoms with van der Waals surface area (Å²) in [7, 11) is 1.99. The zero-order valence-electron chi connectivity index (χ0n) is 11.3. The van der Waals surface area contributed by atoms with Crippen LogP contribution in [0.1, 0.15) is 12.5 Å². The molecule has 0 atom stereocenters. The van der Waals surface area contributed by atoms with Gasteiger partial charge in [0.25, 0.3) is 0 Å². The van der Waals surface area contributed by atoms with Gasteiger partial charge >= 0.3 is 0 Å². The van der Waals surface area contributed by atoms with Crippen LogP contribution >= 0.6 is 15.9 Å². The summed E-state index contributed by atoms with van der Waals surface area (Å²) < 4.78 is 0.875. The van der Waals surface area contributed by atoms with Crippen LogP contribution in [0.2, 0.25) is 0 Å². The third kappa shape index (κ3) is 3.04. The van der Waals surface area contributed by atoms with Crippen molar-refractivity contribution in [2.75, 3.05) is 23.8 Å². The number of aromatic nitrogens is 2. The van der Waals surface area contributed by atoms with E-state index in [1.54, 1.807) is 6.33 Å². The van der Waals surface area contributed by atoms with E-state index in [0.717, 1.165) is 28.3 Å². The van der Waals surface area contributed by atoms with Gasteiger partial charge in [0, 0.05) is 19.3 Å². The van der Waals surface area contributed by atoms with Crippen LogP contribution in [0.15, 0.2) is 35.1 Å². The number of aryl methyl sites for hydroxylation is 1. The van der Waals surface area contributed by atoms with Crippen LogP contribution < -0.4 is 10.2 Å². The number of halogens is 1. The molecule has 5 heteroatoms. The highest BCUT2D eigenvalue weighted by Crippen LogP contribution is 2.32. The molecule has 1 heterocycles. The average Bonchev–Trinajstić information content (AvgIpc) is 2.41. The highest BCUT2D eigenvalue weighted by atomic mass is 79.9. The maximum atomic E-state index is 4.35. The first-order valence-electron chi connectivity index (χ1n) is 6.18. The molecule has 100 valence electrons. The summed E-state index contributed by atoms with van der Waals surface area (Å²) >= 11 is 3.57. The first-order valence-corrected chi connectivity index (χ1v) is 6.97. The van der Waals surface area contributed by atoms with Gasteiger partial charge in [-0.2, -0.15) is 0 Å². The monoisotopic (exact) mass is 320 g/mol. The van der Waals surface area contributed by atoms with E-state index in [2.05, 4.69) is 62.4 Å². The Labute approximate surface area is 122 Å². The maximum Gasteiger partial charge on any atom is 0.152 e. The molecule has 2 rings (SSSR count). The lowest BCUT2D eigenvalue weighted by atomic mass is 10.2. The molecule has 0 bridgehead atoms. The molecule has 0 amide bonds. The van der Waals surface area contributed by atoms with E-state index >= 15 is 0 Å². The highest BCUT2D eigenvalue weighted by Gasteiger charge is 2.13. The Hall–Kier alpha value is -1.62. The van der Waals surface area contributed by atoms with Gasteiger partial charge in [-0.1, -0.05) is 17.7 Å². The molecule has 1 aromatic carbocycles. The summed E-state index contributed by atoms with van der Waals surface area (Å²) in [6.45, 7) is 4.94. The second kappa shape index (κ2) is 6.02. The molecule has 0 aliphatic carbocycles. The number of rotatable bonds is 4. The first kappa shape index (κ1) is 13.8. The summed E-state index contributed by atoms with van der Waals surface area (Å²) in [6, 6.07) is 8.34. The van der Waals surface area contributed by atoms with Crippen molar-refractivity contribution in [3.8, 4) is 0 Å². The summed E-state index contributed by atoms with van der Waals surface area (Å²) in [5.74, 6) is 1.65. The van der Waals surface area contributed by atoms with Gasteiger partial charge in [-0.3, -0.25) is 0 Å². The van der Waals surface area contributed by atoms with Crippen LogP contribution in [-0.2, 0) is 0 Å². The van der Waals surface area contributed by atoms with Crippen molar-refractivity contribution in [1.29, 1.82) is 0 Å². The van der Waals surface area contributed by atoms with Crippen molar-refractivity contribution >= 4 is 33.3 Å². The molecule has 19 heavy (non-hydrogen) atoms. The van der Waals surface area contributed by atoms with E-state index in [-0.39, 0.29) is 0 Å². The molecule has 0 saturated carbocycles. The quantitative estimate of drug-likeness (QED) is 0.931. The second-order valence-electron chi connectivity index (χ2n) is 4.28. The summed E-state index contributed by atoms with van der Waals surface area (Å²) in [5.41, 5.74) is 2.33. The average molecular weight is 321 g/mol. The van der Waals surface area contributed by atoms with Crippen molar-refractivity contribution < 1.29 is 0 Å². The maximum absolute atomic E-state index is 4.35. The Kier molecular flexibility index (Phi) is 4.37. The van der Waals surface area contributed by atoms with E-state index < -0.39 is 0 Å². The molecule has 0 fully saturated rings. The topological polar surface area (TPSA) is 41.1 Å². The number of nitrogens with zero attached hydrogens (tertiary/aromatic N) is 3. The van der Waals surface area contributed by atoms with Crippen molar-refractivity contribution in [3.05, 3.63) is 40.6 Å². The lowest BCUT2D eigenvalue weighted by Crippen LogP contribution is -2.13. The Bertz CT molecular complexity index is 554. The van der Waals surface area contributed by atoms with Crippen molar-refractivity contribution in [2.45, 2.75) is 13.8 Å². The summed E-state index contributed by atoms with van der Waals surface area (Å²) in [4.78, 5) is 10.6. The van der Waals surface area contributed by atoms with Crippen LogP contribution in [0, 0.1) is 6.92 Å². The van der Waals surface area contributed by atoms with Crippen molar-refractivity contribution in [3.63, 3.8) is 0 Å². The van der Waals surface area contributed by atoms with Crippen molar-refractivity contribution in [2.24, 2.45) is 0 Å². The molecule has 0 saturated heterocycles. The lowest BCUT2D eigenvalue weighted by molar-refractivity contribution is 1.05. The molecule has 0 aliphatic rings. The Morgan fingerprint density at radius 2 is 1.89 bits per heavy atom. The lowest BCUT2D eigenvalue weighted by Gasteiger charge is -2.20. The Morgan fingerprint density at radius 1 is 1.21 bits per heavy atom. The summed E-state index contributed by atoms with van der Waals surface area (Å²) in [6.07, 6.45) is 1.57. The fraction of sp³-hybridized carbons (Fsp3) is 0.286. The fourth-order valence-corrected chi connectivity index (χ4v) is 2.39. The number of hydrogen-bond acceptors (Lipinski definition) is 4. The molecule has 0 radical (unpaired) electrons. The predicted molar refractivity (Wildman–Crippen MR) is 83.1 cm³/mol. The molecule has 0 spiro atoms.